The maximum atomic E-state index is 12.8. The number of hydrogen-bond donors (Lipinski definition) is 0. The summed E-state index contributed by atoms with van der Waals surface area (Å²) in [5.41, 5.74) is 0. The second kappa shape index (κ2) is 8.06. The molecule has 0 aromatic carbocycles. The summed E-state index contributed by atoms with van der Waals surface area (Å²) >= 11 is 4.55. The molecule has 1 aromatic rings. The van der Waals surface area contributed by atoms with Gasteiger partial charge in [-0.25, -0.2) is 8.42 Å². The molecule has 0 N–H and O–H groups in total. The number of sulfonamides is 1. The lowest BCUT2D eigenvalue weighted by molar-refractivity contribution is -0.138. The van der Waals surface area contributed by atoms with Crippen LogP contribution < -0.4 is 0 Å². The van der Waals surface area contributed by atoms with Crippen molar-refractivity contribution in [3.05, 3.63) is 15.9 Å². The highest BCUT2D eigenvalue weighted by Crippen LogP contribution is 2.31. The molecule has 2 heterocycles. The number of carbonyl (C=O) groups is 1. The van der Waals surface area contributed by atoms with Crippen molar-refractivity contribution in [2.45, 2.75) is 55.2 Å². The van der Waals surface area contributed by atoms with Crippen molar-refractivity contribution < 1.29 is 13.2 Å². The lowest BCUT2D eigenvalue weighted by Crippen LogP contribution is -2.46. The van der Waals surface area contributed by atoms with Crippen molar-refractivity contribution in [3.8, 4) is 0 Å². The van der Waals surface area contributed by atoms with Crippen LogP contribution in [0.25, 0.3) is 0 Å². The molecule has 0 bridgehead atoms. The van der Waals surface area contributed by atoms with Gasteiger partial charge in [-0.3, -0.25) is 4.79 Å². The van der Waals surface area contributed by atoms with Crippen molar-refractivity contribution in [1.82, 2.24) is 9.21 Å². The minimum atomic E-state index is -3.43. The van der Waals surface area contributed by atoms with Crippen LogP contribution in [0.15, 0.2) is 20.1 Å². The van der Waals surface area contributed by atoms with E-state index in [4.69, 9.17) is 0 Å². The zero-order valence-corrected chi connectivity index (χ0v) is 17.7. The molecule has 140 valence electrons. The van der Waals surface area contributed by atoms with Crippen LogP contribution >= 0.6 is 27.3 Å². The van der Waals surface area contributed by atoms with E-state index in [0.29, 0.717) is 36.2 Å². The first-order chi connectivity index (χ1) is 11.9. The van der Waals surface area contributed by atoms with Crippen LogP contribution in [0.1, 0.15) is 44.9 Å². The molecule has 1 saturated carbocycles. The van der Waals surface area contributed by atoms with E-state index in [-0.39, 0.29) is 11.8 Å². The van der Waals surface area contributed by atoms with E-state index in [1.165, 1.54) is 34.9 Å². The first kappa shape index (κ1) is 19.3. The van der Waals surface area contributed by atoms with Gasteiger partial charge in [-0.05, 0) is 53.7 Å². The first-order valence-corrected chi connectivity index (χ1v) is 12.0. The number of rotatable bonds is 4. The fourth-order valence-electron chi connectivity index (χ4n) is 3.84. The van der Waals surface area contributed by atoms with Gasteiger partial charge in [-0.15, -0.1) is 11.3 Å². The number of carbonyl (C=O) groups excluding carboxylic acids is 1. The van der Waals surface area contributed by atoms with Crippen LogP contribution in [0.4, 0.5) is 0 Å². The molecule has 1 aromatic heterocycles. The third-order valence-corrected chi connectivity index (χ3v) is 9.41. The Morgan fingerprint density at radius 2 is 1.80 bits per heavy atom. The standard InChI is InChI=1S/C17H25BrN2O3S2/c1-19(14-5-3-2-4-6-14)17(21)13-9-11-20(12-10-13)25(22,23)16-8-7-15(18)24-16/h7-8,13-14H,2-6,9-12H2,1H3. The summed E-state index contributed by atoms with van der Waals surface area (Å²) in [5.74, 6) is 0.149. The van der Waals surface area contributed by atoms with E-state index in [1.54, 1.807) is 12.1 Å². The molecule has 1 amide bonds. The zero-order chi connectivity index (χ0) is 18.0. The van der Waals surface area contributed by atoms with Gasteiger partial charge in [0.1, 0.15) is 4.21 Å². The van der Waals surface area contributed by atoms with Crippen LogP contribution in [0.5, 0.6) is 0 Å². The molecule has 0 atom stereocenters. The highest BCUT2D eigenvalue weighted by Gasteiger charge is 2.35. The lowest BCUT2D eigenvalue weighted by atomic mass is 9.91. The molecule has 8 heteroatoms. The summed E-state index contributed by atoms with van der Waals surface area (Å²) in [6.45, 7) is 0.847. The molecule has 2 fully saturated rings. The summed E-state index contributed by atoms with van der Waals surface area (Å²) in [7, 11) is -1.51. The number of hydrogen-bond acceptors (Lipinski definition) is 4. The van der Waals surface area contributed by atoms with Crippen molar-refractivity contribution in [3.63, 3.8) is 0 Å². The fraction of sp³-hybridized carbons (Fsp3) is 0.706. The van der Waals surface area contributed by atoms with Crippen molar-refractivity contribution in [2.75, 3.05) is 20.1 Å². The molecule has 0 spiro atoms. The van der Waals surface area contributed by atoms with Gasteiger partial charge in [0.05, 0.1) is 3.79 Å². The molecule has 3 rings (SSSR count). The van der Waals surface area contributed by atoms with Crippen LogP contribution in [-0.4, -0.2) is 49.7 Å². The van der Waals surface area contributed by atoms with Crippen molar-refractivity contribution in [1.29, 1.82) is 0 Å². The predicted molar refractivity (Wildman–Crippen MR) is 103 cm³/mol. The van der Waals surface area contributed by atoms with E-state index in [2.05, 4.69) is 15.9 Å². The highest BCUT2D eigenvalue weighted by molar-refractivity contribution is 9.11. The van der Waals surface area contributed by atoms with Gasteiger partial charge in [-0.2, -0.15) is 4.31 Å². The topological polar surface area (TPSA) is 57.7 Å². The minimum absolute atomic E-state index is 0.0477. The Kier molecular flexibility index (Phi) is 6.23. The lowest BCUT2D eigenvalue weighted by Gasteiger charge is -2.36. The number of halogens is 1. The first-order valence-electron chi connectivity index (χ1n) is 8.92. The zero-order valence-electron chi connectivity index (χ0n) is 14.5. The van der Waals surface area contributed by atoms with Crippen molar-refractivity contribution in [2.24, 2.45) is 5.92 Å². The van der Waals surface area contributed by atoms with Crippen LogP contribution in [0, 0.1) is 5.92 Å². The quantitative estimate of drug-likeness (QED) is 0.705. The van der Waals surface area contributed by atoms with E-state index >= 15 is 0 Å². The Bertz CT molecular complexity index is 705. The van der Waals surface area contributed by atoms with E-state index in [9.17, 15) is 13.2 Å². The van der Waals surface area contributed by atoms with E-state index in [0.717, 1.165) is 16.6 Å². The van der Waals surface area contributed by atoms with Gasteiger partial charge in [0.2, 0.25) is 5.91 Å². The summed E-state index contributed by atoms with van der Waals surface area (Å²) in [6, 6.07) is 3.76. The second-order valence-corrected chi connectivity index (χ2v) is 11.6. The minimum Gasteiger partial charge on any atom is -0.343 e. The molecule has 0 unspecified atom stereocenters. The van der Waals surface area contributed by atoms with Crippen LogP contribution in [0.2, 0.25) is 0 Å². The number of piperidine rings is 1. The largest absolute Gasteiger partial charge is 0.343 e. The van der Waals surface area contributed by atoms with Gasteiger partial charge in [-0.1, -0.05) is 19.3 Å². The third kappa shape index (κ3) is 4.28. The maximum Gasteiger partial charge on any atom is 0.252 e. The van der Waals surface area contributed by atoms with Gasteiger partial charge in [0.15, 0.2) is 0 Å². The van der Waals surface area contributed by atoms with Gasteiger partial charge in [0.25, 0.3) is 10.0 Å². The van der Waals surface area contributed by atoms with Crippen molar-refractivity contribution >= 4 is 43.2 Å². The highest BCUT2D eigenvalue weighted by atomic mass is 79.9. The number of thiophene rings is 1. The molecule has 0 radical (unpaired) electrons. The summed E-state index contributed by atoms with van der Waals surface area (Å²) in [4.78, 5) is 14.7. The van der Waals surface area contributed by atoms with E-state index in [1.807, 2.05) is 11.9 Å². The Morgan fingerprint density at radius 3 is 2.36 bits per heavy atom. The molecular weight excluding hydrogens is 424 g/mol. The Balaban J connectivity index is 1.58. The molecule has 25 heavy (non-hydrogen) atoms. The van der Waals surface area contributed by atoms with Gasteiger partial charge >= 0.3 is 0 Å². The average Bonchev–Trinajstić information content (AvgIpc) is 3.08. The van der Waals surface area contributed by atoms with Crippen LogP contribution in [0.3, 0.4) is 0 Å². The van der Waals surface area contributed by atoms with Gasteiger partial charge < -0.3 is 4.90 Å². The predicted octanol–water partition coefficient (Wildman–Crippen LogP) is 3.70. The SMILES string of the molecule is CN(C(=O)C1CCN(S(=O)(=O)c2ccc(Br)s2)CC1)C1CCCCC1. The smallest absolute Gasteiger partial charge is 0.252 e. The number of amides is 1. The molecular formula is C17H25BrN2O3S2. The Hall–Kier alpha value is -0.440. The maximum absolute atomic E-state index is 12.8. The molecule has 1 aliphatic heterocycles. The molecule has 5 nitrogen and oxygen atoms in total. The molecule has 2 aliphatic rings. The van der Waals surface area contributed by atoms with Crippen LogP contribution in [-0.2, 0) is 14.8 Å². The molecule has 1 saturated heterocycles. The third-order valence-electron chi connectivity index (χ3n) is 5.42. The van der Waals surface area contributed by atoms with E-state index < -0.39 is 10.0 Å². The Labute approximate surface area is 162 Å². The normalized spacial score (nSPS) is 21.4. The average molecular weight is 449 g/mol. The van der Waals surface area contributed by atoms with Gasteiger partial charge in [0, 0.05) is 32.1 Å². The number of nitrogens with zero attached hydrogens (tertiary/aromatic N) is 2. The fourth-order valence-corrected chi connectivity index (χ4v) is 7.48. The molecule has 1 aliphatic carbocycles. The second-order valence-electron chi connectivity index (χ2n) is 6.98. The monoisotopic (exact) mass is 448 g/mol. The summed E-state index contributed by atoms with van der Waals surface area (Å²) in [6.07, 6.45) is 7.10. The summed E-state index contributed by atoms with van der Waals surface area (Å²) < 4.78 is 28.1. The summed E-state index contributed by atoms with van der Waals surface area (Å²) in [5, 5.41) is 0. The Morgan fingerprint density at radius 1 is 1.16 bits per heavy atom.